The molecule has 25 heavy (non-hydrogen) atoms. The number of fused-ring (bicyclic) bond motifs is 1. The second-order valence-electron chi connectivity index (χ2n) is 5.24. The molecule has 7 nitrogen and oxygen atoms in total. The second-order valence-corrected chi connectivity index (χ2v) is 5.24. The van der Waals surface area contributed by atoms with Gasteiger partial charge < -0.3 is 4.84 Å². The fraction of sp³-hybridized carbons (Fsp3) is 0.200. The Balaban J connectivity index is 1.73. The van der Waals surface area contributed by atoms with Gasteiger partial charge in [0.1, 0.15) is 6.54 Å². The molecule has 0 saturated heterocycles. The van der Waals surface area contributed by atoms with Crippen molar-refractivity contribution < 1.29 is 32.4 Å². The molecule has 0 atom stereocenters. The minimum atomic E-state index is -4.65. The SMILES string of the molecule is Cc1cc(C(F)(F)F)nn1CC(=O)ON1C(=O)c2ccccc2C1=O. The van der Waals surface area contributed by atoms with Crippen LogP contribution in [0.1, 0.15) is 32.1 Å². The maximum Gasteiger partial charge on any atom is 0.435 e. The Labute approximate surface area is 138 Å². The number of hydroxylamine groups is 2. The first kappa shape index (κ1) is 16.7. The third-order valence-electron chi connectivity index (χ3n) is 3.50. The van der Waals surface area contributed by atoms with E-state index in [1.54, 1.807) is 12.1 Å². The minimum absolute atomic E-state index is 0.0756. The highest BCUT2D eigenvalue weighted by molar-refractivity contribution is 6.20. The maximum absolute atomic E-state index is 12.6. The van der Waals surface area contributed by atoms with Gasteiger partial charge in [-0.3, -0.25) is 14.3 Å². The van der Waals surface area contributed by atoms with Gasteiger partial charge in [-0.05, 0) is 25.1 Å². The van der Waals surface area contributed by atoms with Gasteiger partial charge in [0.2, 0.25) is 0 Å². The van der Waals surface area contributed by atoms with E-state index >= 15 is 0 Å². The van der Waals surface area contributed by atoms with Crippen LogP contribution in [0.2, 0.25) is 0 Å². The summed E-state index contributed by atoms with van der Waals surface area (Å²) in [5, 5.41) is 3.56. The van der Waals surface area contributed by atoms with Crippen molar-refractivity contribution in [2.24, 2.45) is 0 Å². The molecule has 2 aromatic rings. The first-order valence-electron chi connectivity index (χ1n) is 6.98. The molecule has 2 heterocycles. The average molecular weight is 353 g/mol. The predicted molar refractivity (Wildman–Crippen MR) is 75.0 cm³/mol. The zero-order valence-corrected chi connectivity index (χ0v) is 12.7. The fourth-order valence-electron chi connectivity index (χ4n) is 2.31. The van der Waals surface area contributed by atoms with Gasteiger partial charge in [-0.15, -0.1) is 0 Å². The summed E-state index contributed by atoms with van der Waals surface area (Å²) in [6.07, 6.45) is -4.65. The molecule has 0 N–H and O–H groups in total. The molecule has 2 amide bonds. The number of alkyl halides is 3. The number of imide groups is 1. The van der Waals surface area contributed by atoms with Gasteiger partial charge >= 0.3 is 12.1 Å². The van der Waals surface area contributed by atoms with Crippen molar-refractivity contribution in [2.75, 3.05) is 0 Å². The van der Waals surface area contributed by atoms with Crippen LogP contribution < -0.4 is 0 Å². The monoisotopic (exact) mass is 353 g/mol. The van der Waals surface area contributed by atoms with Crippen molar-refractivity contribution in [3.8, 4) is 0 Å². The molecule has 0 fully saturated rings. The zero-order valence-electron chi connectivity index (χ0n) is 12.7. The predicted octanol–water partition coefficient (Wildman–Crippen LogP) is 1.96. The standard InChI is InChI=1S/C15H10F3N3O4/c1-8-6-11(15(16,17)18)19-20(8)7-12(22)25-21-13(23)9-4-2-3-5-10(9)14(21)24/h2-6H,7H2,1H3. The van der Waals surface area contributed by atoms with Crippen molar-refractivity contribution in [3.63, 3.8) is 0 Å². The molecule has 130 valence electrons. The van der Waals surface area contributed by atoms with E-state index in [1.807, 2.05) is 0 Å². The van der Waals surface area contributed by atoms with Crippen LogP contribution in [0.4, 0.5) is 13.2 Å². The Kier molecular flexibility index (Phi) is 3.82. The van der Waals surface area contributed by atoms with Crippen LogP contribution in [0, 0.1) is 6.92 Å². The van der Waals surface area contributed by atoms with Gasteiger partial charge in [0.05, 0.1) is 11.1 Å². The Morgan fingerprint density at radius 3 is 2.20 bits per heavy atom. The first-order chi connectivity index (χ1) is 11.7. The zero-order chi connectivity index (χ0) is 18.4. The van der Waals surface area contributed by atoms with Gasteiger partial charge in [0, 0.05) is 5.69 Å². The molecule has 1 aromatic carbocycles. The summed E-state index contributed by atoms with van der Waals surface area (Å²) in [5.74, 6) is -2.74. The molecule has 10 heteroatoms. The summed E-state index contributed by atoms with van der Waals surface area (Å²) in [7, 11) is 0. The summed E-state index contributed by atoms with van der Waals surface area (Å²) in [6.45, 7) is 0.646. The molecule has 0 saturated carbocycles. The lowest BCUT2D eigenvalue weighted by Gasteiger charge is -2.13. The number of carbonyl (C=O) groups excluding carboxylic acids is 3. The van der Waals surface area contributed by atoms with Crippen molar-refractivity contribution in [2.45, 2.75) is 19.6 Å². The molecule has 0 radical (unpaired) electrons. The van der Waals surface area contributed by atoms with Crippen LogP contribution in [0.5, 0.6) is 0 Å². The van der Waals surface area contributed by atoms with E-state index in [0.29, 0.717) is 0 Å². The van der Waals surface area contributed by atoms with Crippen LogP contribution in [0.25, 0.3) is 0 Å². The van der Waals surface area contributed by atoms with E-state index in [2.05, 4.69) is 5.10 Å². The molecular weight excluding hydrogens is 343 g/mol. The number of aryl methyl sites for hydroxylation is 1. The first-order valence-corrected chi connectivity index (χ1v) is 6.98. The van der Waals surface area contributed by atoms with Crippen LogP contribution >= 0.6 is 0 Å². The fourth-order valence-corrected chi connectivity index (χ4v) is 2.31. The van der Waals surface area contributed by atoms with E-state index in [1.165, 1.54) is 19.1 Å². The smallest absolute Gasteiger partial charge is 0.328 e. The summed E-state index contributed by atoms with van der Waals surface area (Å²) in [5.41, 5.74) is -0.921. The van der Waals surface area contributed by atoms with E-state index in [0.717, 1.165) is 10.7 Å². The number of aromatic nitrogens is 2. The lowest BCUT2D eigenvalue weighted by atomic mass is 10.1. The highest BCUT2D eigenvalue weighted by Crippen LogP contribution is 2.28. The molecule has 3 rings (SSSR count). The molecule has 1 aliphatic rings. The van der Waals surface area contributed by atoms with E-state index < -0.39 is 36.2 Å². The lowest BCUT2D eigenvalue weighted by molar-refractivity contribution is -0.169. The van der Waals surface area contributed by atoms with Crippen molar-refractivity contribution >= 4 is 17.8 Å². The van der Waals surface area contributed by atoms with Crippen LogP contribution in [-0.4, -0.2) is 32.6 Å². The molecule has 0 aliphatic carbocycles. The molecule has 1 aliphatic heterocycles. The van der Waals surface area contributed by atoms with Gasteiger partial charge in [-0.25, -0.2) is 4.79 Å². The minimum Gasteiger partial charge on any atom is -0.328 e. The van der Waals surface area contributed by atoms with Crippen molar-refractivity contribution in [3.05, 3.63) is 52.8 Å². The van der Waals surface area contributed by atoms with Crippen molar-refractivity contribution in [1.82, 2.24) is 14.8 Å². The summed E-state index contributed by atoms with van der Waals surface area (Å²) < 4.78 is 38.6. The van der Waals surface area contributed by atoms with Crippen LogP contribution in [0.15, 0.2) is 30.3 Å². The number of halogens is 3. The Hall–Kier alpha value is -3.17. The third kappa shape index (κ3) is 2.97. The number of rotatable bonds is 3. The second kappa shape index (κ2) is 5.72. The molecular formula is C15H10F3N3O4. The van der Waals surface area contributed by atoms with Gasteiger partial charge in [0.25, 0.3) is 11.8 Å². The number of carbonyl (C=O) groups is 3. The van der Waals surface area contributed by atoms with Gasteiger partial charge in [-0.1, -0.05) is 17.2 Å². The molecule has 0 unspecified atom stereocenters. The number of benzene rings is 1. The Morgan fingerprint density at radius 2 is 1.72 bits per heavy atom. The van der Waals surface area contributed by atoms with Crippen LogP contribution in [0.3, 0.4) is 0 Å². The average Bonchev–Trinajstić information content (AvgIpc) is 3.02. The topological polar surface area (TPSA) is 81.5 Å². The van der Waals surface area contributed by atoms with Gasteiger partial charge in [0.15, 0.2) is 5.69 Å². The van der Waals surface area contributed by atoms with Crippen LogP contribution in [-0.2, 0) is 22.4 Å². The number of nitrogens with zero attached hydrogens (tertiary/aromatic N) is 3. The van der Waals surface area contributed by atoms with Crippen molar-refractivity contribution in [1.29, 1.82) is 0 Å². The third-order valence-corrected chi connectivity index (χ3v) is 3.50. The summed E-state index contributed by atoms with van der Waals surface area (Å²) in [4.78, 5) is 40.7. The largest absolute Gasteiger partial charge is 0.435 e. The van der Waals surface area contributed by atoms with E-state index in [9.17, 15) is 27.6 Å². The maximum atomic E-state index is 12.6. The number of hydrogen-bond donors (Lipinski definition) is 0. The van der Waals surface area contributed by atoms with E-state index in [4.69, 9.17) is 4.84 Å². The Morgan fingerprint density at radius 1 is 1.16 bits per heavy atom. The highest BCUT2D eigenvalue weighted by atomic mass is 19.4. The quantitative estimate of drug-likeness (QED) is 0.788. The summed E-state index contributed by atoms with van der Waals surface area (Å²) in [6, 6.07) is 6.66. The van der Waals surface area contributed by atoms with Gasteiger partial charge in [-0.2, -0.15) is 18.3 Å². The lowest BCUT2D eigenvalue weighted by Crippen LogP contribution is -2.34. The highest BCUT2D eigenvalue weighted by Gasteiger charge is 2.39. The molecule has 1 aromatic heterocycles. The molecule has 0 bridgehead atoms. The Bertz CT molecular complexity index is 853. The summed E-state index contributed by atoms with van der Waals surface area (Å²) >= 11 is 0. The number of hydrogen-bond acceptors (Lipinski definition) is 5. The molecule has 0 spiro atoms. The number of amides is 2. The van der Waals surface area contributed by atoms with E-state index in [-0.39, 0.29) is 21.9 Å². The normalized spacial score (nSPS) is 14.0.